The number of hydrogen-bond acceptors (Lipinski definition) is 2. The minimum atomic E-state index is 0.229. The van der Waals surface area contributed by atoms with Crippen LogP contribution in [0, 0.1) is 11.8 Å². The Bertz CT molecular complexity index is 2150. The molecule has 1 aromatic rings. The SMILES string of the molecule is C=C/C=C(\C=C)C1=CCC(N(C2=CCC(C3=CCCC=C3)C=C2)C2=CC=C(N(C3=CCC(C4=CCCC=C4)C=C3)c3ccc(C4C=CC=CC4)cc3)CC2)C=C1. The van der Waals surface area contributed by atoms with E-state index in [9.17, 15) is 0 Å². The van der Waals surface area contributed by atoms with Crippen molar-refractivity contribution in [2.45, 2.75) is 76.2 Å². The molecule has 1 aromatic carbocycles. The van der Waals surface area contributed by atoms with Gasteiger partial charge in [-0.1, -0.05) is 147 Å². The number of hydrogen-bond donors (Lipinski definition) is 0. The van der Waals surface area contributed by atoms with Crippen molar-refractivity contribution < 1.29 is 0 Å². The molecule has 7 aliphatic rings. The van der Waals surface area contributed by atoms with Crippen molar-refractivity contribution in [2.75, 3.05) is 4.90 Å². The molecule has 4 atom stereocenters. The number of rotatable bonds is 12. The van der Waals surface area contributed by atoms with Gasteiger partial charge in [-0.2, -0.15) is 0 Å². The molecule has 0 heterocycles. The van der Waals surface area contributed by atoms with Gasteiger partial charge in [0.15, 0.2) is 0 Å². The standard InChI is InChI=1S/C54H56N2/c1-3-14-41(4-2)45-21-29-49(30-22-45)55(50-31-23-46(24-32-50)42-15-8-5-9-16-42)53-37-39-54(40-38-53)56(51-33-25-47(26-34-51)43-17-10-6-11-18-43)52-35-27-48(28-36-52)44-19-12-7-13-20-44/h3-4,6,8,10-12,14-17,19-23,25-27,29,31-37,39,43,46,48-49H,1-2,5,7,9,13,18,24,28,30,38,40H2/b41-14+. The van der Waals surface area contributed by atoms with Gasteiger partial charge in [0.2, 0.25) is 0 Å². The average molecular weight is 733 g/mol. The molecular weight excluding hydrogens is 677 g/mol. The summed E-state index contributed by atoms with van der Waals surface area (Å²) in [5.41, 5.74) is 13.1. The average Bonchev–Trinajstić information content (AvgIpc) is 3.28. The predicted molar refractivity (Wildman–Crippen MR) is 239 cm³/mol. The van der Waals surface area contributed by atoms with Crippen molar-refractivity contribution in [1.29, 1.82) is 0 Å². The summed E-state index contributed by atoms with van der Waals surface area (Å²) in [5.74, 6) is 1.33. The topological polar surface area (TPSA) is 6.48 Å². The van der Waals surface area contributed by atoms with E-state index < -0.39 is 0 Å². The van der Waals surface area contributed by atoms with Gasteiger partial charge < -0.3 is 9.80 Å². The quantitative estimate of drug-likeness (QED) is 0.197. The van der Waals surface area contributed by atoms with E-state index in [-0.39, 0.29) is 6.04 Å². The third-order valence-corrected chi connectivity index (χ3v) is 12.1. The van der Waals surface area contributed by atoms with Crippen LogP contribution < -0.4 is 4.90 Å². The molecular formula is C54H56N2. The largest absolute Gasteiger partial charge is 0.338 e. The molecule has 4 unspecified atom stereocenters. The first-order valence-corrected chi connectivity index (χ1v) is 20.9. The highest BCUT2D eigenvalue weighted by molar-refractivity contribution is 5.63. The van der Waals surface area contributed by atoms with E-state index in [0.717, 1.165) is 69.8 Å². The second-order valence-electron chi connectivity index (χ2n) is 15.7. The van der Waals surface area contributed by atoms with Gasteiger partial charge in [-0.15, -0.1) is 0 Å². The van der Waals surface area contributed by atoms with E-state index in [1.54, 1.807) is 0 Å². The Labute approximate surface area is 336 Å². The maximum atomic E-state index is 4.06. The van der Waals surface area contributed by atoms with Gasteiger partial charge >= 0.3 is 0 Å². The van der Waals surface area contributed by atoms with Crippen LogP contribution in [-0.4, -0.2) is 10.9 Å². The summed E-state index contributed by atoms with van der Waals surface area (Å²) >= 11 is 0. The van der Waals surface area contributed by atoms with Crippen molar-refractivity contribution in [1.82, 2.24) is 4.90 Å². The molecule has 0 saturated heterocycles. The van der Waals surface area contributed by atoms with Crippen molar-refractivity contribution in [3.05, 3.63) is 234 Å². The zero-order chi connectivity index (χ0) is 38.1. The monoisotopic (exact) mass is 732 g/mol. The van der Waals surface area contributed by atoms with E-state index in [0.29, 0.717) is 17.8 Å². The first-order valence-electron chi connectivity index (χ1n) is 20.9. The lowest BCUT2D eigenvalue weighted by molar-refractivity contribution is 0.353. The lowest BCUT2D eigenvalue weighted by atomic mass is 9.87. The van der Waals surface area contributed by atoms with Crippen LogP contribution in [0.3, 0.4) is 0 Å². The fourth-order valence-corrected chi connectivity index (χ4v) is 9.05. The van der Waals surface area contributed by atoms with Gasteiger partial charge in [0.25, 0.3) is 0 Å². The van der Waals surface area contributed by atoms with E-state index >= 15 is 0 Å². The molecule has 0 aliphatic heterocycles. The third-order valence-electron chi connectivity index (χ3n) is 12.1. The summed E-state index contributed by atoms with van der Waals surface area (Å²) < 4.78 is 0. The van der Waals surface area contributed by atoms with E-state index in [2.05, 4.69) is 175 Å². The Hall–Kier alpha value is -5.60. The van der Waals surface area contributed by atoms with Crippen LogP contribution in [0.25, 0.3) is 0 Å². The molecule has 0 N–H and O–H groups in total. The van der Waals surface area contributed by atoms with Crippen molar-refractivity contribution >= 4 is 5.69 Å². The molecule has 282 valence electrons. The first-order chi connectivity index (χ1) is 27.7. The fourth-order valence-electron chi connectivity index (χ4n) is 9.05. The molecule has 8 rings (SSSR count). The summed E-state index contributed by atoms with van der Waals surface area (Å²) in [5, 5.41) is 0. The highest BCUT2D eigenvalue weighted by Crippen LogP contribution is 2.39. The summed E-state index contributed by atoms with van der Waals surface area (Å²) in [7, 11) is 0. The molecule has 0 fully saturated rings. The summed E-state index contributed by atoms with van der Waals surface area (Å²) in [6, 6.07) is 9.57. The van der Waals surface area contributed by atoms with Crippen LogP contribution in [0.1, 0.15) is 75.7 Å². The Morgan fingerprint density at radius 2 is 1.29 bits per heavy atom. The van der Waals surface area contributed by atoms with E-state index in [4.69, 9.17) is 0 Å². The van der Waals surface area contributed by atoms with Gasteiger partial charge in [-0.05, 0) is 129 Å². The van der Waals surface area contributed by atoms with Crippen molar-refractivity contribution in [3.63, 3.8) is 0 Å². The molecule has 7 aliphatic carbocycles. The van der Waals surface area contributed by atoms with E-state index in [1.165, 1.54) is 50.8 Å². The number of allylic oxidation sites excluding steroid dienone is 28. The highest BCUT2D eigenvalue weighted by atomic mass is 15.2. The Kier molecular flexibility index (Phi) is 11.9. The lowest BCUT2D eigenvalue weighted by Crippen LogP contribution is -2.34. The van der Waals surface area contributed by atoms with Gasteiger partial charge in [0, 0.05) is 46.2 Å². The van der Waals surface area contributed by atoms with Crippen molar-refractivity contribution in [2.24, 2.45) is 11.8 Å². The number of nitrogens with zero attached hydrogens (tertiary/aromatic N) is 2. The Morgan fingerprint density at radius 1 is 0.589 bits per heavy atom. The number of anilines is 1. The Balaban J connectivity index is 1.10. The second-order valence-corrected chi connectivity index (χ2v) is 15.7. The van der Waals surface area contributed by atoms with Crippen LogP contribution in [0.15, 0.2) is 228 Å². The summed E-state index contributed by atoms with van der Waals surface area (Å²) in [6.07, 6.45) is 65.9. The molecule has 0 spiro atoms. The molecule has 0 bridgehead atoms. The normalized spacial score (nSPS) is 25.6. The van der Waals surface area contributed by atoms with E-state index in [1.807, 2.05) is 18.2 Å². The molecule has 2 heteroatoms. The molecule has 2 nitrogen and oxygen atoms in total. The minimum Gasteiger partial charge on any atom is -0.338 e. The van der Waals surface area contributed by atoms with Crippen LogP contribution >= 0.6 is 0 Å². The van der Waals surface area contributed by atoms with Crippen LogP contribution in [0.5, 0.6) is 0 Å². The van der Waals surface area contributed by atoms with Gasteiger partial charge in [-0.3, -0.25) is 0 Å². The van der Waals surface area contributed by atoms with Crippen LogP contribution in [0.4, 0.5) is 5.69 Å². The van der Waals surface area contributed by atoms with Crippen LogP contribution in [0.2, 0.25) is 0 Å². The maximum absolute atomic E-state index is 4.06. The molecule has 0 amide bonds. The van der Waals surface area contributed by atoms with Crippen molar-refractivity contribution in [3.8, 4) is 0 Å². The zero-order valence-corrected chi connectivity index (χ0v) is 32.9. The smallest absolute Gasteiger partial charge is 0.0557 e. The third kappa shape index (κ3) is 8.46. The van der Waals surface area contributed by atoms with Crippen LogP contribution in [-0.2, 0) is 0 Å². The number of benzene rings is 1. The second kappa shape index (κ2) is 17.9. The predicted octanol–water partition coefficient (Wildman–Crippen LogP) is 14.0. The first kappa shape index (κ1) is 37.3. The van der Waals surface area contributed by atoms with Gasteiger partial charge in [-0.25, -0.2) is 0 Å². The molecule has 0 aromatic heterocycles. The molecule has 0 radical (unpaired) electrons. The fraction of sp³-hybridized carbons (Fsp3) is 0.259. The highest BCUT2D eigenvalue weighted by Gasteiger charge is 2.28. The maximum Gasteiger partial charge on any atom is 0.0557 e. The summed E-state index contributed by atoms with van der Waals surface area (Å²) in [6.45, 7) is 7.98. The van der Waals surface area contributed by atoms with Gasteiger partial charge in [0.1, 0.15) is 0 Å². The zero-order valence-electron chi connectivity index (χ0n) is 32.9. The lowest BCUT2D eigenvalue weighted by Gasteiger charge is -2.39. The Morgan fingerprint density at radius 3 is 1.82 bits per heavy atom. The van der Waals surface area contributed by atoms with Gasteiger partial charge in [0.05, 0.1) is 6.04 Å². The molecule has 0 saturated carbocycles. The minimum absolute atomic E-state index is 0.229. The summed E-state index contributed by atoms with van der Waals surface area (Å²) in [4.78, 5) is 5.13. The molecule has 56 heavy (non-hydrogen) atoms.